The lowest BCUT2D eigenvalue weighted by Crippen LogP contribution is -2.10. The Kier molecular flexibility index (Phi) is 4.37. The highest BCUT2D eigenvalue weighted by Crippen LogP contribution is 2.32. The fourth-order valence-electron chi connectivity index (χ4n) is 2.81. The van der Waals surface area contributed by atoms with Gasteiger partial charge in [-0.3, -0.25) is 0 Å². The first kappa shape index (κ1) is 17.2. The van der Waals surface area contributed by atoms with Gasteiger partial charge >= 0.3 is 5.97 Å². The van der Waals surface area contributed by atoms with Crippen molar-refractivity contribution in [2.75, 3.05) is 7.11 Å². The Morgan fingerprint density at radius 3 is 2.59 bits per heavy atom. The van der Waals surface area contributed by atoms with Gasteiger partial charge in [-0.25, -0.2) is 9.78 Å². The van der Waals surface area contributed by atoms with E-state index >= 15 is 0 Å². The van der Waals surface area contributed by atoms with Crippen LogP contribution in [-0.2, 0) is 0 Å². The van der Waals surface area contributed by atoms with E-state index in [2.05, 4.69) is 10.1 Å². The van der Waals surface area contributed by atoms with Gasteiger partial charge < -0.3 is 14.0 Å². The predicted octanol–water partition coefficient (Wildman–Crippen LogP) is 4.80. The molecule has 0 fully saturated rings. The van der Waals surface area contributed by atoms with E-state index in [4.69, 9.17) is 14.0 Å². The average Bonchev–Trinajstić information content (AvgIpc) is 3.27. The van der Waals surface area contributed by atoms with Crippen molar-refractivity contribution in [3.05, 3.63) is 58.6 Å². The van der Waals surface area contributed by atoms with Crippen LogP contribution < -0.4 is 9.47 Å². The number of fused-ring (bicyclic) bond motifs is 1. The average molecular weight is 380 g/mol. The molecule has 0 N–H and O–H groups in total. The summed E-state index contributed by atoms with van der Waals surface area (Å²) < 4.78 is 16.2. The molecule has 0 aliphatic rings. The number of thiophene rings is 1. The second-order valence-electron chi connectivity index (χ2n) is 5.95. The maximum Gasteiger partial charge on any atom is 0.344 e. The van der Waals surface area contributed by atoms with Crippen molar-refractivity contribution in [3.63, 3.8) is 0 Å². The van der Waals surface area contributed by atoms with Gasteiger partial charge in [-0.15, -0.1) is 11.3 Å². The van der Waals surface area contributed by atoms with Gasteiger partial charge in [-0.2, -0.15) is 0 Å². The number of benzene rings is 1. The monoisotopic (exact) mass is 380 g/mol. The summed E-state index contributed by atoms with van der Waals surface area (Å²) in [5.74, 6) is 0.303. The van der Waals surface area contributed by atoms with Crippen molar-refractivity contribution in [3.8, 4) is 22.1 Å². The maximum atomic E-state index is 13.0. The molecule has 3 heterocycles. The normalized spacial score (nSPS) is 10.9. The van der Waals surface area contributed by atoms with E-state index in [1.807, 2.05) is 25.1 Å². The topological polar surface area (TPSA) is 74.5 Å². The van der Waals surface area contributed by atoms with Gasteiger partial charge in [0.2, 0.25) is 0 Å². The number of hydrogen-bond donors (Lipinski definition) is 0. The molecule has 4 aromatic rings. The number of rotatable bonds is 4. The van der Waals surface area contributed by atoms with Gasteiger partial charge in [0, 0.05) is 4.88 Å². The summed E-state index contributed by atoms with van der Waals surface area (Å²) in [5.41, 5.74) is 1.89. The highest BCUT2D eigenvalue weighted by atomic mass is 32.1. The molecule has 0 aliphatic carbocycles. The Morgan fingerprint density at radius 1 is 1.11 bits per heavy atom. The largest absolute Gasteiger partial charge is 0.493 e. The zero-order valence-corrected chi connectivity index (χ0v) is 15.8. The van der Waals surface area contributed by atoms with Crippen molar-refractivity contribution in [1.82, 2.24) is 10.1 Å². The number of para-hydroxylation sites is 2. The summed E-state index contributed by atoms with van der Waals surface area (Å²) in [4.78, 5) is 19.6. The maximum absolute atomic E-state index is 13.0. The van der Waals surface area contributed by atoms with E-state index in [9.17, 15) is 4.79 Å². The van der Waals surface area contributed by atoms with Crippen LogP contribution in [0.2, 0.25) is 0 Å². The van der Waals surface area contributed by atoms with Gasteiger partial charge in [0.25, 0.3) is 5.71 Å². The minimum atomic E-state index is -0.521. The van der Waals surface area contributed by atoms with Crippen molar-refractivity contribution in [1.29, 1.82) is 0 Å². The molecule has 0 unspecified atom stereocenters. The zero-order chi connectivity index (χ0) is 19.0. The van der Waals surface area contributed by atoms with Crippen molar-refractivity contribution < 1.29 is 18.8 Å². The summed E-state index contributed by atoms with van der Waals surface area (Å²) in [6, 6.07) is 12.7. The molecule has 4 rings (SSSR count). The van der Waals surface area contributed by atoms with Crippen LogP contribution in [0.25, 0.3) is 21.7 Å². The Bertz CT molecular complexity index is 1150. The van der Waals surface area contributed by atoms with Crippen molar-refractivity contribution in [2.24, 2.45) is 0 Å². The fraction of sp³-hybridized carbons (Fsp3) is 0.150. The van der Waals surface area contributed by atoms with Crippen LogP contribution in [0, 0.1) is 13.8 Å². The molecule has 0 bridgehead atoms. The molecule has 0 radical (unpaired) electrons. The number of aryl methyl sites for hydroxylation is 2. The van der Waals surface area contributed by atoms with E-state index in [0.29, 0.717) is 39.6 Å². The lowest BCUT2D eigenvalue weighted by atomic mass is 10.1. The number of carbonyl (C=O) groups is 1. The first-order chi connectivity index (χ1) is 13.1. The first-order valence-electron chi connectivity index (χ1n) is 8.26. The molecule has 1 aromatic carbocycles. The third-order valence-corrected chi connectivity index (χ3v) is 5.12. The van der Waals surface area contributed by atoms with Crippen LogP contribution in [-0.4, -0.2) is 23.2 Å². The van der Waals surface area contributed by atoms with Crippen molar-refractivity contribution in [2.45, 2.75) is 13.8 Å². The Balaban J connectivity index is 1.81. The van der Waals surface area contributed by atoms with Gasteiger partial charge in [0.1, 0.15) is 0 Å². The first-order valence-corrected chi connectivity index (χ1v) is 9.07. The summed E-state index contributed by atoms with van der Waals surface area (Å²) >= 11 is 1.59. The summed E-state index contributed by atoms with van der Waals surface area (Å²) in [6.07, 6.45) is 0. The predicted molar refractivity (Wildman–Crippen MR) is 103 cm³/mol. The minimum absolute atomic E-state index is 0.308. The molecular weight excluding hydrogens is 364 g/mol. The van der Waals surface area contributed by atoms with Gasteiger partial charge in [-0.1, -0.05) is 17.3 Å². The number of carbonyl (C=O) groups excluding carboxylic acids is 1. The van der Waals surface area contributed by atoms with Crippen molar-refractivity contribution >= 4 is 28.4 Å². The van der Waals surface area contributed by atoms with Crippen LogP contribution in [0.15, 0.2) is 47.0 Å². The Labute approximate surface area is 159 Å². The van der Waals surface area contributed by atoms with Gasteiger partial charge in [0.05, 0.1) is 34.3 Å². The molecule has 0 spiro atoms. The van der Waals surface area contributed by atoms with E-state index in [1.165, 1.54) is 7.11 Å². The Hall–Kier alpha value is -3.19. The molecule has 0 saturated carbocycles. The second-order valence-corrected chi connectivity index (χ2v) is 7.24. The Morgan fingerprint density at radius 2 is 1.89 bits per heavy atom. The highest BCUT2D eigenvalue weighted by molar-refractivity contribution is 7.15. The van der Waals surface area contributed by atoms with Crippen LogP contribution >= 0.6 is 11.3 Å². The molecule has 0 saturated heterocycles. The van der Waals surface area contributed by atoms with Crippen LogP contribution in [0.5, 0.6) is 11.5 Å². The number of nitrogens with zero attached hydrogens (tertiary/aromatic N) is 2. The lowest BCUT2D eigenvalue weighted by Gasteiger charge is -2.10. The molecule has 0 aliphatic heterocycles. The molecule has 27 heavy (non-hydrogen) atoms. The van der Waals surface area contributed by atoms with Gasteiger partial charge in [0.15, 0.2) is 11.5 Å². The molecule has 3 aromatic heterocycles. The number of aromatic nitrogens is 2. The molecule has 6 nitrogen and oxygen atoms in total. The zero-order valence-electron chi connectivity index (χ0n) is 15.0. The molecular formula is C20H16N2O4S. The van der Waals surface area contributed by atoms with Crippen LogP contribution in [0.3, 0.4) is 0 Å². The number of hydrogen-bond acceptors (Lipinski definition) is 7. The summed E-state index contributed by atoms with van der Waals surface area (Å²) in [6.45, 7) is 3.78. The summed E-state index contributed by atoms with van der Waals surface area (Å²) in [7, 11) is 1.53. The SMILES string of the molecule is COc1ccccc1OC(=O)c1cc(-c2ccc(C)s2)nc2onc(C)c12. The molecule has 0 atom stereocenters. The summed E-state index contributed by atoms with van der Waals surface area (Å²) in [5, 5.41) is 4.50. The van der Waals surface area contributed by atoms with Crippen LogP contribution in [0.4, 0.5) is 0 Å². The number of methoxy groups -OCH3 is 1. The van der Waals surface area contributed by atoms with Gasteiger partial charge in [-0.05, 0) is 44.2 Å². The highest BCUT2D eigenvalue weighted by Gasteiger charge is 2.22. The number of esters is 1. The molecule has 0 amide bonds. The minimum Gasteiger partial charge on any atom is -0.493 e. The lowest BCUT2D eigenvalue weighted by molar-refractivity contribution is 0.0731. The number of pyridine rings is 1. The second kappa shape index (κ2) is 6.85. The standard InChI is InChI=1S/C20H16N2O4S/c1-11-8-9-17(27-11)14-10-13(18-12(2)22-26-19(18)21-14)20(23)25-16-7-5-4-6-15(16)24-3/h4-10H,1-3H3. The number of ether oxygens (including phenoxy) is 2. The van der Waals surface area contributed by atoms with E-state index in [1.54, 1.807) is 42.5 Å². The van der Waals surface area contributed by atoms with E-state index in [-0.39, 0.29) is 0 Å². The van der Waals surface area contributed by atoms with E-state index < -0.39 is 5.97 Å². The molecule has 7 heteroatoms. The van der Waals surface area contributed by atoms with Crippen LogP contribution in [0.1, 0.15) is 20.9 Å². The molecule has 136 valence electrons. The van der Waals surface area contributed by atoms with E-state index in [0.717, 1.165) is 9.75 Å². The third-order valence-electron chi connectivity index (χ3n) is 4.10. The smallest absolute Gasteiger partial charge is 0.344 e. The fourth-order valence-corrected chi connectivity index (χ4v) is 3.64. The quantitative estimate of drug-likeness (QED) is 0.374. The third kappa shape index (κ3) is 3.17.